The molecule has 2 unspecified atom stereocenters. The lowest BCUT2D eigenvalue weighted by atomic mass is 9.89. The van der Waals surface area contributed by atoms with Crippen LogP contribution in [0.5, 0.6) is 0 Å². The van der Waals surface area contributed by atoms with Crippen molar-refractivity contribution in [1.29, 1.82) is 0 Å². The van der Waals surface area contributed by atoms with E-state index >= 15 is 0 Å². The van der Waals surface area contributed by atoms with E-state index in [0.29, 0.717) is 0 Å². The van der Waals surface area contributed by atoms with Crippen molar-refractivity contribution in [3.63, 3.8) is 0 Å². The second-order valence-electron chi connectivity index (χ2n) is 3.89. The summed E-state index contributed by atoms with van der Waals surface area (Å²) >= 11 is 0. The Morgan fingerprint density at radius 3 is 2.08 bits per heavy atom. The molecule has 74 valence electrons. The molecule has 1 heteroatoms. The van der Waals surface area contributed by atoms with Gasteiger partial charge in [-0.15, -0.1) is 0 Å². The van der Waals surface area contributed by atoms with Gasteiger partial charge in [-0.25, -0.2) is 0 Å². The highest BCUT2D eigenvalue weighted by molar-refractivity contribution is 4.62. The zero-order chi connectivity index (χ0) is 9.40. The summed E-state index contributed by atoms with van der Waals surface area (Å²) in [5.74, 6) is 1.78. The molecule has 0 spiro atoms. The molecule has 0 radical (unpaired) electrons. The molecule has 0 aromatic heterocycles. The molecule has 0 saturated carbocycles. The first-order chi connectivity index (χ1) is 5.72. The average Bonchev–Trinajstić information content (AvgIpc) is 2.05. The SMILES string of the molecule is CCCC(C)C(C)CCNCC. The number of hydrogen-bond donors (Lipinski definition) is 1. The third-order valence-electron chi connectivity index (χ3n) is 2.74. The maximum Gasteiger partial charge on any atom is -0.00464 e. The fraction of sp³-hybridized carbons (Fsp3) is 1.00. The third kappa shape index (κ3) is 5.59. The van der Waals surface area contributed by atoms with Gasteiger partial charge in [0.2, 0.25) is 0 Å². The molecule has 0 aromatic rings. The Balaban J connectivity index is 3.35. The van der Waals surface area contributed by atoms with Gasteiger partial charge >= 0.3 is 0 Å². The van der Waals surface area contributed by atoms with Crippen LogP contribution in [-0.4, -0.2) is 13.1 Å². The summed E-state index contributed by atoms with van der Waals surface area (Å²) in [6.07, 6.45) is 4.04. The Labute approximate surface area is 77.9 Å². The van der Waals surface area contributed by atoms with E-state index in [4.69, 9.17) is 0 Å². The van der Waals surface area contributed by atoms with Gasteiger partial charge in [-0.3, -0.25) is 0 Å². The fourth-order valence-electron chi connectivity index (χ4n) is 1.53. The first kappa shape index (κ1) is 12.0. The van der Waals surface area contributed by atoms with Crippen molar-refractivity contribution < 1.29 is 0 Å². The molecule has 0 bridgehead atoms. The minimum absolute atomic E-state index is 0.879. The maximum atomic E-state index is 3.38. The van der Waals surface area contributed by atoms with Crippen LogP contribution in [-0.2, 0) is 0 Å². The van der Waals surface area contributed by atoms with E-state index in [2.05, 4.69) is 33.0 Å². The Kier molecular flexibility index (Phi) is 7.58. The predicted octanol–water partition coefficient (Wildman–Crippen LogP) is 3.06. The van der Waals surface area contributed by atoms with Gasteiger partial charge < -0.3 is 5.32 Å². The van der Waals surface area contributed by atoms with E-state index in [1.165, 1.54) is 25.8 Å². The molecule has 1 N–H and O–H groups in total. The summed E-state index contributed by atoms with van der Waals surface area (Å²) < 4.78 is 0. The molecule has 12 heavy (non-hydrogen) atoms. The van der Waals surface area contributed by atoms with Crippen molar-refractivity contribution in [1.82, 2.24) is 5.32 Å². The Bertz CT molecular complexity index is 91.0. The Morgan fingerprint density at radius 1 is 1.00 bits per heavy atom. The molecular weight excluding hydrogens is 146 g/mol. The number of hydrogen-bond acceptors (Lipinski definition) is 1. The highest BCUT2D eigenvalue weighted by Crippen LogP contribution is 2.18. The van der Waals surface area contributed by atoms with E-state index in [0.717, 1.165) is 18.4 Å². The van der Waals surface area contributed by atoms with Crippen LogP contribution in [0.25, 0.3) is 0 Å². The Hall–Kier alpha value is -0.0400. The summed E-state index contributed by atoms with van der Waals surface area (Å²) in [4.78, 5) is 0. The monoisotopic (exact) mass is 171 g/mol. The van der Waals surface area contributed by atoms with Gasteiger partial charge in [0.05, 0.1) is 0 Å². The first-order valence-electron chi connectivity index (χ1n) is 5.43. The lowest BCUT2D eigenvalue weighted by molar-refractivity contribution is 0.337. The van der Waals surface area contributed by atoms with Crippen LogP contribution in [0.15, 0.2) is 0 Å². The van der Waals surface area contributed by atoms with Crippen LogP contribution >= 0.6 is 0 Å². The summed E-state index contributed by atoms with van der Waals surface area (Å²) in [6.45, 7) is 11.5. The summed E-state index contributed by atoms with van der Waals surface area (Å²) in [6, 6.07) is 0. The summed E-state index contributed by atoms with van der Waals surface area (Å²) in [5, 5.41) is 3.38. The Morgan fingerprint density at radius 2 is 1.58 bits per heavy atom. The summed E-state index contributed by atoms with van der Waals surface area (Å²) in [5.41, 5.74) is 0. The van der Waals surface area contributed by atoms with Crippen LogP contribution in [0, 0.1) is 11.8 Å². The standard InChI is InChI=1S/C11H25N/c1-5-7-10(3)11(4)8-9-12-6-2/h10-12H,5-9H2,1-4H3. The highest BCUT2D eigenvalue weighted by atomic mass is 14.8. The van der Waals surface area contributed by atoms with Crippen LogP contribution in [0.3, 0.4) is 0 Å². The van der Waals surface area contributed by atoms with Gasteiger partial charge in [0.1, 0.15) is 0 Å². The molecule has 0 aliphatic rings. The van der Waals surface area contributed by atoms with E-state index in [1.807, 2.05) is 0 Å². The lowest BCUT2D eigenvalue weighted by Gasteiger charge is -2.19. The molecule has 0 saturated heterocycles. The third-order valence-corrected chi connectivity index (χ3v) is 2.74. The van der Waals surface area contributed by atoms with Gasteiger partial charge in [-0.05, 0) is 31.3 Å². The zero-order valence-corrected chi connectivity index (χ0v) is 9.19. The second-order valence-corrected chi connectivity index (χ2v) is 3.89. The van der Waals surface area contributed by atoms with Crippen molar-refractivity contribution in [2.75, 3.05) is 13.1 Å². The van der Waals surface area contributed by atoms with Crippen molar-refractivity contribution in [3.8, 4) is 0 Å². The maximum absolute atomic E-state index is 3.38. The predicted molar refractivity (Wildman–Crippen MR) is 56.4 cm³/mol. The molecule has 0 aliphatic heterocycles. The summed E-state index contributed by atoms with van der Waals surface area (Å²) in [7, 11) is 0. The molecule has 0 aliphatic carbocycles. The molecule has 0 aromatic carbocycles. The highest BCUT2D eigenvalue weighted by Gasteiger charge is 2.09. The van der Waals surface area contributed by atoms with Gasteiger partial charge in [0, 0.05) is 0 Å². The lowest BCUT2D eigenvalue weighted by Crippen LogP contribution is -2.19. The van der Waals surface area contributed by atoms with Gasteiger partial charge in [0.15, 0.2) is 0 Å². The first-order valence-corrected chi connectivity index (χ1v) is 5.43. The van der Waals surface area contributed by atoms with Gasteiger partial charge in [-0.2, -0.15) is 0 Å². The molecule has 1 nitrogen and oxygen atoms in total. The van der Waals surface area contributed by atoms with Crippen molar-refractivity contribution in [2.45, 2.75) is 47.0 Å². The topological polar surface area (TPSA) is 12.0 Å². The van der Waals surface area contributed by atoms with E-state index < -0.39 is 0 Å². The van der Waals surface area contributed by atoms with Crippen molar-refractivity contribution in [2.24, 2.45) is 11.8 Å². The number of nitrogens with one attached hydrogen (secondary N) is 1. The van der Waals surface area contributed by atoms with Gasteiger partial charge in [-0.1, -0.05) is 40.5 Å². The average molecular weight is 171 g/mol. The normalized spacial score (nSPS) is 16.0. The molecule has 0 amide bonds. The van der Waals surface area contributed by atoms with E-state index in [-0.39, 0.29) is 0 Å². The van der Waals surface area contributed by atoms with Gasteiger partial charge in [0.25, 0.3) is 0 Å². The largest absolute Gasteiger partial charge is 0.317 e. The van der Waals surface area contributed by atoms with Crippen LogP contribution in [0.4, 0.5) is 0 Å². The zero-order valence-electron chi connectivity index (χ0n) is 9.19. The fourth-order valence-corrected chi connectivity index (χ4v) is 1.53. The van der Waals surface area contributed by atoms with Crippen molar-refractivity contribution >= 4 is 0 Å². The van der Waals surface area contributed by atoms with E-state index in [9.17, 15) is 0 Å². The molecule has 2 atom stereocenters. The number of rotatable bonds is 7. The smallest absolute Gasteiger partial charge is 0.00464 e. The second kappa shape index (κ2) is 7.60. The minimum atomic E-state index is 0.879. The van der Waals surface area contributed by atoms with Crippen molar-refractivity contribution in [3.05, 3.63) is 0 Å². The molecule has 0 fully saturated rings. The quantitative estimate of drug-likeness (QED) is 0.580. The molecule has 0 heterocycles. The van der Waals surface area contributed by atoms with Crippen LogP contribution in [0.2, 0.25) is 0 Å². The van der Waals surface area contributed by atoms with Crippen LogP contribution < -0.4 is 5.32 Å². The minimum Gasteiger partial charge on any atom is -0.317 e. The van der Waals surface area contributed by atoms with Crippen LogP contribution in [0.1, 0.15) is 47.0 Å². The molecular formula is C11H25N. The molecule has 0 rings (SSSR count). The van der Waals surface area contributed by atoms with E-state index in [1.54, 1.807) is 0 Å².